The highest BCUT2D eigenvalue weighted by Gasteiger charge is 2.35. The largest absolute Gasteiger partial charge is 0.573 e. The Hall–Kier alpha value is -2.83. The molecule has 1 aromatic carbocycles. The van der Waals surface area contributed by atoms with Gasteiger partial charge in [-0.05, 0) is 13.0 Å². The average molecular weight is 304 g/mol. The summed E-state index contributed by atoms with van der Waals surface area (Å²) in [7, 11) is 0. The minimum absolute atomic E-state index is 0.175. The minimum atomic E-state index is -5.12. The molecular formula is C11H7F3N2O5. The van der Waals surface area contributed by atoms with Gasteiger partial charge in [0.1, 0.15) is 17.4 Å². The van der Waals surface area contributed by atoms with Crippen molar-refractivity contribution < 1.29 is 32.4 Å². The first-order valence-corrected chi connectivity index (χ1v) is 5.35. The molecule has 0 saturated carbocycles. The van der Waals surface area contributed by atoms with Crippen molar-refractivity contribution in [3.8, 4) is 11.8 Å². The van der Waals surface area contributed by atoms with E-state index in [1.54, 1.807) is 0 Å². The van der Waals surface area contributed by atoms with E-state index < -0.39 is 39.8 Å². The first-order chi connectivity index (χ1) is 9.71. The van der Waals surface area contributed by atoms with Crippen LogP contribution in [-0.4, -0.2) is 23.9 Å². The normalized spacial score (nSPS) is 10.6. The third-order valence-corrected chi connectivity index (χ3v) is 2.16. The highest BCUT2D eigenvalue weighted by Crippen LogP contribution is 2.33. The molecule has 1 rings (SSSR count). The fourth-order valence-electron chi connectivity index (χ4n) is 1.46. The number of nitro benzene ring substituents is 1. The van der Waals surface area contributed by atoms with Gasteiger partial charge in [0.05, 0.1) is 11.5 Å². The molecule has 10 heteroatoms. The number of alkyl halides is 3. The number of nitrogens with zero attached hydrogens (tertiary/aromatic N) is 2. The third-order valence-electron chi connectivity index (χ3n) is 2.16. The van der Waals surface area contributed by atoms with Crippen LogP contribution in [0.5, 0.6) is 5.75 Å². The molecule has 7 nitrogen and oxygen atoms in total. The lowest BCUT2D eigenvalue weighted by Gasteiger charge is -2.12. The van der Waals surface area contributed by atoms with Crippen molar-refractivity contribution in [3.05, 3.63) is 33.4 Å². The van der Waals surface area contributed by atoms with Gasteiger partial charge in [-0.3, -0.25) is 10.1 Å². The maximum atomic E-state index is 12.2. The summed E-state index contributed by atoms with van der Waals surface area (Å²) in [5.74, 6) is -2.30. The second kappa shape index (κ2) is 6.08. The van der Waals surface area contributed by atoms with Gasteiger partial charge in [0.2, 0.25) is 0 Å². The molecule has 0 unspecified atom stereocenters. The van der Waals surface area contributed by atoms with Crippen LogP contribution in [0.25, 0.3) is 0 Å². The maximum absolute atomic E-state index is 12.2. The summed E-state index contributed by atoms with van der Waals surface area (Å²) in [6, 6.07) is 2.51. The number of nitro groups is 1. The van der Waals surface area contributed by atoms with E-state index in [9.17, 15) is 28.1 Å². The van der Waals surface area contributed by atoms with Crippen LogP contribution in [0.4, 0.5) is 18.9 Å². The highest BCUT2D eigenvalue weighted by molar-refractivity contribution is 5.97. The van der Waals surface area contributed by atoms with E-state index in [0.29, 0.717) is 12.1 Å². The summed E-state index contributed by atoms with van der Waals surface area (Å²) < 4.78 is 44.7. The van der Waals surface area contributed by atoms with Gasteiger partial charge >= 0.3 is 12.3 Å². The highest BCUT2D eigenvalue weighted by atomic mass is 19.4. The SMILES string of the molecule is CCOC(=O)c1c([N+](=O)[O-])ccc(OC(F)(F)F)c1C#N. The van der Waals surface area contributed by atoms with Crippen molar-refractivity contribution in [2.24, 2.45) is 0 Å². The standard InChI is InChI=1S/C11H7F3N2O5/c1-2-20-10(17)9-6(5-15)8(21-11(12,13)14)4-3-7(9)16(18)19/h3-4H,2H2,1H3. The Labute approximate surface area is 115 Å². The summed E-state index contributed by atoms with van der Waals surface area (Å²) in [6.07, 6.45) is -5.12. The van der Waals surface area contributed by atoms with Crippen LogP contribution in [0.3, 0.4) is 0 Å². The van der Waals surface area contributed by atoms with Gasteiger partial charge in [-0.2, -0.15) is 5.26 Å². The van der Waals surface area contributed by atoms with Crippen LogP contribution < -0.4 is 4.74 Å². The molecule has 21 heavy (non-hydrogen) atoms. The zero-order chi connectivity index (χ0) is 16.2. The molecule has 0 saturated heterocycles. The Balaban J connectivity index is 3.54. The number of benzene rings is 1. The minimum Gasteiger partial charge on any atom is -0.462 e. The molecule has 0 bridgehead atoms. The van der Waals surface area contributed by atoms with E-state index in [-0.39, 0.29) is 6.61 Å². The van der Waals surface area contributed by atoms with Crippen LogP contribution in [0.1, 0.15) is 22.8 Å². The first kappa shape index (κ1) is 16.2. The van der Waals surface area contributed by atoms with Crippen molar-refractivity contribution in [1.29, 1.82) is 5.26 Å². The Morgan fingerprint density at radius 2 is 2.10 bits per heavy atom. The number of carbonyl (C=O) groups excluding carboxylic acids is 1. The Morgan fingerprint density at radius 1 is 1.48 bits per heavy atom. The number of rotatable bonds is 4. The van der Waals surface area contributed by atoms with E-state index in [1.165, 1.54) is 13.0 Å². The van der Waals surface area contributed by atoms with E-state index in [0.717, 1.165) is 0 Å². The lowest BCUT2D eigenvalue weighted by atomic mass is 10.1. The quantitative estimate of drug-likeness (QED) is 0.481. The van der Waals surface area contributed by atoms with Gasteiger partial charge in [0.15, 0.2) is 5.56 Å². The van der Waals surface area contributed by atoms with Gasteiger partial charge in [-0.25, -0.2) is 4.79 Å². The van der Waals surface area contributed by atoms with E-state index in [4.69, 9.17) is 5.26 Å². The second-order valence-corrected chi connectivity index (χ2v) is 3.47. The maximum Gasteiger partial charge on any atom is 0.573 e. The third kappa shape index (κ3) is 3.82. The van der Waals surface area contributed by atoms with Crippen molar-refractivity contribution in [1.82, 2.24) is 0 Å². The number of halogens is 3. The van der Waals surface area contributed by atoms with Crippen LogP contribution in [0, 0.1) is 21.4 Å². The zero-order valence-corrected chi connectivity index (χ0v) is 10.4. The Kier molecular flexibility index (Phi) is 4.70. The number of esters is 1. The molecule has 112 valence electrons. The van der Waals surface area contributed by atoms with E-state index in [2.05, 4.69) is 9.47 Å². The summed E-state index contributed by atoms with van der Waals surface area (Å²) in [4.78, 5) is 21.5. The monoisotopic (exact) mass is 304 g/mol. The molecule has 0 aliphatic heterocycles. The lowest BCUT2D eigenvalue weighted by molar-refractivity contribution is -0.385. The predicted octanol–water partition coefficient (Wildman–Crippen LogP) is 2.54. The Bertz CT molecular complexity index is 622. The van der Waals surface area contributed by atoms with E-state index in [1.807, 2.05) is 0 Å². The van der Waals surface area contributed by atoms with Gasteiger partial charge in [0, 0.05) is 6.07 Å². The van der Waals surface area contributed by atoms with Crippen molar-refractivity contribution in [2.75, 3.05) is 6.61 Å². The van der Waals surface area contributed by atoms with Gasteiger partial charge < -0.3 is 9.47 Å². The molecule has 0 amide bonds. The van der Waals surface area contributed by atoms with Gasteiger partial charge in [-0.1, -0.05) is 0 Å². The first-order valence-electron chi connectivity index (χ1n) is 5.35. The average Bonchev–Trinajstić information content (AvgIpc) is 2.36. The summed E-state index contributed by atoms with van der Waals surface area (Å²) in [5, 5.41) is 19.7. The van der Waals surface area contributed by atoms with Crippen molar-refractivity contribution >= 4 is 11.7 Å². The molecule has 0 N–H and O–H groups in total. The van der Waals surface area contributed by atoms with Gasteiger partial charge in [0.25, 0.3) is 5.69 Å². The number of hydrogen-bond acceptors (Lipinski definition) is 6. The summed E-state index contributed by atoms with van der Waals surface area (Å²) in [5.41, 5.74) is -2.65. The number of carbonyl (C=O) groups is 1. The zero-order valence-electron chi connectivity index (χ0n) is 10.4. The van der Waals surface area contributed by atoms with Crippen molar-refractivity contribution in [2.45, 2.75) is 13.3 Å². The predicted molar refractivity (Wildman–Crippen MR) is 60.5 cm³/mol. The van der Waals surface area contributed by atoms with Crippen LogP contribution >= 0.6 is 0 Å². The number of ether oxygens (including phenoxy) is 2. The van der Waals surface area contributed by atoms with Gasteiger partial charge in [-0.15, -0.1) is 13.2 Å². The molecule has 0 fully saturated rings. The molecule has 1 aromatic rings. The molecule has 0 radical (unpaired) electrons. The molecule has 0 spiro atoms. The molecule has 0 aliphatic carbocycles. The molecule has 0 atom stereocenters. The second-order valence-electron chi connectivity index (χ2n) is 3.47. The molecule has 0 aliphatic rings. The number of hydrogen-bond donors (Lipinski definition) is 0. The topological polar surface area (TPSA) is 102 Å². The summed E-state index contributed by atoms with van der Waals surface area (Å²) in [6.45, 7) is 1.22. The lowest BCUT2D eigenvalue weighted by Crippen LogP contribution is -2.19. The smallest absolute Gasteiger partial charge is 0.462 e. The van der Waals surface area contributed by atoms with Crippen molar-refractivity contribution in [3.63, 3.8) is 0 Å². The Morgan fingerprint density at radius 3 is 2.52 bits per heavy atom. The number of nitriles is 1. The molecule has 0 aromatic heterocycles. The van der Waals surface area contributed by atoms with E-state index >= 15 is 0 Å². The van der Waals surface area contributed by atoms with Crippen LogP contribution in [0.15, 0.2) is 12.1 Å². The molecule has 0 heterocycles. The fourth-order valence-corrected chi connectivity index (χ4v) is 1.46. The van der Waals surface area contributed by atoms with Crippen LogP contribution in [0.2, 0.25) is 0 Å². The summed E-state index contributed by atoms with van der Waals surface area (Å²) >= 11 is 0. The molecular weight excluding hydrogens is 297 g/mol. The van der Waals surface area contributed by atoms with Crippen LogP contribution in [-0.2, 0) is 4.74 Å². The fraction of sp³-hybridized carbons (Fsp3) is 0.273.